The topological polar surface area (TPSA) is 29.9 Å². The molecular weight excluding hydrogens is 328 g/mol. The molecule has 1 N–H and O–H groups in total. The van der Waals surface area contributed by atoms with Crippen LogP contribution in [0.2, 0.25) is 0 Å². The Kier molecular flexibility index (Phi) is 4.55. The van der Waals surface area contributed by atoms with E-state index in [1.54, 1.807) is 4.68 Å². The van der Waals surface area contributed by atoms with Crippen molar-refractivity contribution in [2.75, 3.05) is 7.05 Å². The van der Waals surface area contributed by atoms with Gasteiger partial charge in [0.2, 0.25) is 0 Å². The van der Waals surface area contributed by atoms with E-state index in [1.807, 2.05) is 20.9 Å². The quantitative estimate of drug-likeness (QED) is 0.863. The molecule has 2 aromatic rings. The number of benzene rings is 1. The molecule has 1 heterocycles. The van der Waals surface area contributed by atoms with Crippen LogP contribution in [-0.2, 0) is 13.1 Å². The number of aryl methyl sites for hydroxylation is 1. The monoisotopic (exact) mass is 343 g/mol. The molecule has 3 nitrogen and oxygen atoms in total. The van der Waals surface area contributed by atoms with Gasteiger partial charge in [-0.3, -0.25) is 4.68 Å². The van der Waals surface area contributed by atoms with Crippen LogP contribution < -0.4 is 5.32 Å². The molecule has 0 spiro atoms. The molecule has 20 heavy (non-hydrogen) atoms. The van der Waals surface area contributed by atoms with Crippen molar-refractivity contribution in [3.8, 4) is 0 Å². The zero-order chi connectivity index (χ0) is 14.9. The summed E-state index contributed by atoms with van der Waals surface area (Å²) < 4.78 is 29.7. The third-order valence-corrected chi connectivity index (χ3v) is 3.94. The number of hydrogen-bond donors (Lipinski definition) is 1. The molecule has 0 bridgehead atoms. The SMILES string of the molecule is CNCc1c(C)nn(Cc2c(F)ccc(Br)c2F)c1C. The largest absolute Gasteiger partial charge is 0.316 e. The number of hydrogen-bond acceptors (Lipinski definition) is 2. The van der Waals surface area contributed by atoms with Crippen molar-refractivity contribution in [3.63, 3.8) is 0 Å². The van der Waals surface area contributed by atoms with Crippen molar-refractivity contribution in [1.82, 2.24) is 15.1 Å². The Morgan fingerprint density at radius 2 is 1.95 bits per heavy atom. The lowest BCUT2D eigenvalue weighted by molar-refractivity contribution is 0.525. The van der Waals surface area contributed by atoms with Gasteiger partial charge in [0, 0.05) is 23.4 Å². The Balaban J connectivity index is 2.41. The molecule has 0 saturated heterocycles. The van der Waals surface area contributed by atoms with Crippen molar-refractivity contribution >= 4 is 15.9 Å². The van der Waals surface area contributed by atoms with Crippen molar-refractivity contribution in [1.29, 1.82) is 0 Å². The average molecular weight is 344 g/mol. The first-order chi connectivity index (χ1) is 9.45. The van der Waals surface area contributed by atoms with Gasteiger partial charge < -0.3 is 5.32 Å². The van der Waals surface area contributed by atoms with E-state index < -0.39 is 11.6 Å². The summed E-state index contributed by atoms with van der Waals surface area (Å²) in [6, 6.07) is 2.62. The predicted octanol–water partition coefficient (Wildman–Crippen LogP) is 3.31. The van der Waals surface area contributed by atoms with Gasteiger partial charge in [0.25, 0.3) is 0 Å². The normalized spacial score (nSPS) is 11.1. The fourth-order valence-electron chi connectivity index (χ4n) is 2.18. The molecule has 1 aromatic heterocycles. The summed E-state index contributed by atoms with van der Waals surface area (Å²) in [6.45, 7) is 4.55. The third kappa shape index (κ3) is 2.76. The van der Waals surface area contributed by atoms with Gasteiger partial charge in [0.1, 0.15) is 11.6 Å². The van der Waals surface area contributed by atoms with Gasteiger partial charge in [-0.2, -0.15) is 5.10 Å². The van der Waals surface area contributed by atoms with Gasteiger partial charge in [-0.25, -0.2) is 8.78 Å². The zero-order valence-electron chi connectivity index (χ0n) is 11.6. The van der Waals surface area contributed by atoms with Crippen LogP contribution in [0, 0.1) is 25.5 Å². The molecule has 0 unspecified atom stereocenters. The van der Waals surface area contributed by atoms with E-state index in [0.717, 1.165) is 17.0 Å². The molecule has 0 amide bonds. The average Bonchev–Trinajstić information content (AvgIpc) is 2.67. The van der Waals surface area contributed by atoms with Crippen LogP contribution in [0.5, 0.6) is 0 Å². The van der Waals surface area contributed by atoms with E-state index >= 15 is 0 Å². The minimum atomic E-state index is -0.576. The summed E-state index contributed by atoms with van der Waals surface area (Å²) in [5.41, 5.74) is 2.85. The lowest BCUT2D eigenvalue weighted by Gasteiger charge is -2.09. The van der Waals surface area contributed by atoms with Crippen LogP contribution in [0.15, 0.2) is 16.6 Å². The second-order valence-corrected chi connectivity index (χ2v) is 5.51. The maximum absolute atomic E-state index is 14.0. The van der Waals surface area contributed by atoms with Crippen LogP contribution in [0.3, 0.4) is 0 Å². The van der Waals surface area contributed by atoms with Gasteiger partial charge in [0.15, 0.2) is 0 Å². The number of nitrogens with zero attached hydrogens (tertiary/aromatic N) is 2. The van der Waals surface area contributed by atoms with Gasteiger partial charge >= 0.3 is 0 Å². The van der Waals surface area contributed by atoms with Gasteiger partial charge in [-0.05, 0) is 49.0 Å². The predicted molar refractivity (Wildman–Crippen MR) is 77.6 cm³/mol. The fourth-order valence-corrected chi connectivity index (χ4v) is 2.56. The molecule has 0 aliphatic carbocycles. The summed E-state index contributed by atoms with van der Waals surface area (Å²) in [4.78, 5) is 0. The van der Waals surface area contributed by atoms with Crippen LogP contribution in [0.1, 0.15) is 22.5 Å². The molecule has 1 aromatic carbocycles. The van der Waals surface area contributed by atoms with Crippen LogP contribution in [0.4, 0.5) is 8.78 Å². The summed E-state index contributed by atoms with van der Waals surface area (Å²) in [5.74, 6) is -1.14. The Bertz CT molecular complexity index is 638. The van der Waals surface area contributed by atoms with Crippen molar-refractivity contribution in [3.05, 3.63) is 50.8 Å². The Hall–Kier alpha value is -1.27. The maximum Gasteiger partial charge on any atom is 0.145 e. The van der Waals surface area contributed by atoms with E-state index in [1.165, 1.54) is 12.1 Å². The Morgan fingerprint density at radius 3 is 2.60 bits per heavy atom. The highest BCUT2D eigenvalue weighted by molar-refractivity contribution is 9.10. The molecule has 0 saturated carbocycles. The molecule has 0 atom stereocenters. The lowest BCUT2D eigenvalue weighted by atomic mass is 10.1. The highest BCUT2D eigenvalue weighted by atomic mass is 79.9. The fraction of sp³-hybridized carbons (Fsp3) is 0.357. The summed E-state index contributed by atoms with van der Waals surface area (Å²) in [6.07, 6.45) is 0. The standard InChI is InChI=1S/C14H16BrF2N3/c1-8-10(6-18-3)9(2)20(19-8)7-11-13(16)5-4-12(15)14(11)17/h4-5,18H,6-7H2,1-3H3. The first kappa shape index (κ1) is 15.1. The molecular formula is C14H16BrF2N3. The minimum absolute atomic E-state index is 0.0148. The van der Waals surface area contributed by atoms with Crippen molar-refractivity contribution in [2.24, 2.45) is 0 Å². The highest BCUT2D eigenvalue weighted by Gasteiger charge is 2.16. The second-order valence-electron chi connectivity index (χ2n) is 4.66. The van der Waals surface area contributed by atoms with Crippen LogP contribution >= 0.6 is 15.9 Å². The first-order valence-electron chi connectivity index (χ1n) is 6.25. The highest BCUT2D eigenvalue weighted by Crippen LogP contribution is 2.23. The molecule has 0 aliphatic heterocycles. The van der Waals surface area contributed by atoms with Crippen LogP contribution in [-0.4, -0.2) is 16.8 Å². The summed E-state index contributed by atoms with van der Waals surface area (Å²) in [7, 11) is 1.85. The minimum Gasteiger partial charge on any atom is -0.316 e. The van der Waals surface area contributed by atoms with E-state index in [2.05, 4.69) is 26.3 Å². The summed E-state index contributed by atoms with van der Waals surface area (Å²) >= 11 is 3.08. The van der Waals surface area contributed by atoms with E-state index in [4.69, 9.17) is 0 Å². The number of rotatable bonds is 4. The van der Waals surface area contributed by atoms with E-state index in [0.29, 0.717) is 6.54 Å². The molecule has 0 radical (unpaired) electrons. The smallest absolute Gasteiger partial charge is 0.145 e. The second kappa shape index (κ2) is 6.01. The Morgan fingerprint density at radius 1 is 1.25 bits per heavy atom. The van der Waals surface area contributed by atoms with Gasteiger partial charge in [0.05, 0.1) is 16.7 Å². The van der Waals surface area contributed by atoms with Gasteiger partial charge in [-0.1, -0.05) is 0 Å². The zero-order valence-corrected chi connectivity index (χ0v) is 13.2. The molecule has 0 fully saturated rings. The van der Waals surface area contributed by atoms with Gasteiger partial charge in [-0.15, -0.1) is 0 Å². The number of halogens is 3. The van der Waals surface area contributed by atoms with Crippen LogP contribution in [0.25, 0.3) is 0 Å². The number of aromatic nitrogens is 2. The molecule has 108 valence electrons. The van der Waals surface area contributed by atoms with E-state index in [-0.39, 0.29) is 16.6 Å². The summed E-state index contributed by atoms with van der Waals surface area (Å²) in [5, 5.41) is 7.43. The van der Waals surface area contributed by atoms with E-state index in [9.17, 15) is 8.78 Å². The first-order valence-corrected chi connectivity index (χ1v) is 7.04. The molecule has 0 aliphatic rings. The molecule has 2 rings (SSSR count). The Labute approximate surface area is 125 Å². The van der Waals surface area contributed by atoms with Crippen molar-refractivity contribution in [2.45, 2.75) is 26.9 Å². The third-order valence-electron chi connectivity index (χ3n) is 3.33. The maximum atomic E-state index is 14.0. The lowest BCUT2D eigenvalue weighted by Crippen LogP contribution is -2.10. The van der Waals surface area contributed by atoms with Crippen molar-refractivity contribution < 1.29 is 8.78 Å². The molecule has 6 heteroatoms. The number of nitrogens with one attached hydrogen (secondary N) is 1.